The molecule has 1 fully saturated rings. The van der Waals surface area contributed by atoms with Crippen LogP contribution >= 0.6 is 0 Å². The van der Waals surface area contributed by atoms with Crippen molar-refractivity contribution in [2.45, 2.75) is 32.2 Å². The number of carbonyl (C=O) groups is 1. The summed E-state index contributed by atoms with van der Waals surface area (Å²) < 4.78 is 10.8. The first kappa shape index (κ1) is 16.4. The van der Waals surface area contributed by atoms with Gasteiger partial charge in [-0.25, -0.2) is 0 Å². The van der Waals surface area contributed by atoms with Gasteiger partial charge in [-0.05, 0) is 55.7 Å². The summed E-state index contributed by atoms with van der Waals surface area (Å²) >= 11 is 0. The zero-order valence-electron chi connectivity index (χ0n) is 14.3. The molecule has 3 rings (SSSR count). The van der Waals surface area contributed by atoms with Crippen molar-refractivity contribution >= 4 is 5.91 Å². The first-order valence-electron chi connectivity index (χ1n) is 8.30. The van der Waals surface area contributed by atoms with E-state index < -0.39 is 0 Å². The molecule has 2 unspecified atom stereocenters. The molecule has 24 heavy (non-hydrogen) atoms. The van der Waals surface area contributed by atoms with Crippen molar-refractivity contribution < 1.29 is 14.3 Å². The number of nitrogens with one attached hydrogen (secondary N) is 1. The van der Waals surface area contributed by atoms with Crippen LogP contribution < -0.4 is 14.8 Å². The van der Waals surface area contributed by atoms with Crippen LogP contribution in [0.25, 0.3) is 0 Å². The van der Waals surface area contributed by atoms with Crippen LogP contribution in [-0.2, 0) is 0 Å². The predicted molar refractivity (Wildman–Crippen MR) is 94.0 cm³/mol. The highest BCUT2D eigenvalue weighted by molar-refractivity contribution is 5.95. The Bertz CT molecular complexity index is 741. The SMILES string of the molecule is CCOc1cccc(C2CC2NC(=O)c2ccc(C)c(OC)c2)c1. The molecule has 2 atom stereocenters. The Morgan fingerprint density at radius 3 is 2.83 bits per heavy atom. The molecular formula is C20H23NO3. The number of aryl methyl sites for hydroxylation is 1. The zero-order valence-corrected chi connectivity index (χ0v) is 14.3. The second-order valence-electron chi connectivity index (χ2n) is 6.11. The molecule has 126 valence electrons. The van der Waals surface area contributed by atoms with Gasteiger partial charge in [-0.2, -0.15) is 0 Å². The lowest BCUT2D eigenvalue weighted by Gasteiger charge is -2.09. The lowest BCUT2D eigenvalue weighted by Crippen LogP contribution is -2.26. The standard InChI is InChI=1S/C20H23NO3/c1-4-24-16-7-5-6-14(10-16)17-12-18(17)21-20(22)15-9-8-13(2)19(11-15)23-3/h5-11,17-18H,4,12H2,1-3H3,(H,21,22). The van der Waals surface area contributed by atoms with Crippen molar-refractivity contribution in [3.8, 4) is 11.5 Å². The van der Waals surface area contributed by atoms with Gasteiger partial charge in [0.2, 0.25) is 0 Å². The van der Waals surface area contributed by atoms with Gasteiger partial charge in [0.05, 0.1) is 13.7 Å². The molecule has 0 aliphatic heterocycles. The molecule has 0 bridgehead atoms. The van der Waals surface area contributed by atoms with Crippen LogP contribution in [0.5, 0.6) is 11.5 Å². The predicted octanol–water partition coefficient (Wildman–Crippen LogP) is 3.69. The van der Waals surface area contributed by atoms with E-state index in [0.29, 0.717) is 18.1 Å². The second-order valence-corrected chi connectivity index (χ2v) is 6.11. The van der Waals surface area contributed by atoms with Gasteiger partial charge in [0.1, 0.15) is 11.5 Å². The number of methoxy groups -OCH3 is 1. The van der Waals surface area contributed by atoms with Gasteiger partial charge in [0, 0.05) is 17.5 Å². The zero-order chi connectivity index (χ0) is 17.1. The summed E-state index contributed by atoms with van der Waals surface area (Å²) in [5.74, 6) is 1.93. The molecule has 4 nitrogen and oxygen atoms in total. The average molecular weight is 325 g/mol. The molecule has 1 aliphatic rings. The van der Waals surface area contributed by atoms with Crippen molar-refractivity contribution in [3.05, 3.63) is 59.2 Å². The Balaban J connectivity index is 1.64. The van der Waals surface area contributed by atoms with Gasteiger partial charge < -0.3 is 14.8 Å². The van der Waals surface area contributed by atoms with Crippen LogP contribution in [-0.4, -0.2) is 25.7 Å². The summed E-state index contributed by atoms with van der Waals surface area (Å²) in [6, 6.07) is 13.8. The number of ether oxygens (including phenoxy) is 2. The van der Waals surface area contributed by atoms with Gasteiger partial charge in [0.25, 0.3) is 5.91 Å². The molecule has 2 aromatic rings. The smallest absolute Gasteiger partial charge is 0.251 e. The fourth-order valence-electron chi connectivity index (χ4n) is 2.94. The molecule has 0 saturated heterocycles. The number of rotatable bonds is 6. The van der Waals surface area contributed by atoms with Crippen molar-refractivity contribution in [1.29, 1.82) is 0 Å². The van der Waals surface area contributed by atoms with Crippen molar-refractivity contribution in [2.24, 2.45) is 0 Å². The third-order valence-electron chi connectivity index (χ3n) is 4.37. The Morgan fingerprint density at radius 1 is 1.25 bits per heavy atom. The number of hydrogen-bond donors (Lipinski definition) is 1. The van der Waals surface area contributed by atoms with Crippen molar-refractivity contribution in [3.63, 3.8) is 0 Å². The van der Waals surface area contributed by atoms with Gasteiger partial charge in [-0.15, -0.1) is 0 Å². The summed E-state index contributed by atoms with van der Waals surface area (Å²) in [6.07, 6.45) is 0.963. The molecule has 1 N–H and O–H groups in total. The first-order valence-corrected chi connectivity index (χ1v) is 8.30. The number of benzene rings is 2. The molecule has 0 heterocycles. The molecule has 4 heteroatoms. The van der Waals surface area contributed by atoms with Crippen LogP contribution in [0.3, 0.4) is 0 Å². The van der Waals surface area contributed by atoms with Crippen molar-refractivity contribution in [1.82, 2.24) is 5.32 Å². The van der Waals surface area contributed by atoms with Crippen LogP contribution in [0.15, 0.2) is 42.5 Å². The fraction of sp³-hybridized carbons (Fsp3) is 0.350. The Hall–Kier alpha value is -2.49. The number of hydrogen-bond acceptors (Lipinski definition) is 3. The van der Waals surface area contributed by atoms with E-state index in [2.05, 4.69) is 17.4 Å². The minimum absolute atomic E-state index is 0.0539. The second kappa shape index (κ2) is 6.95. The Morgan fingerprint density at radius 2 is 2.08 bits per heavy atom. The van der Waals surface area contributed by atoms with Gasteiger partial charge >= 0.3 is 0 Å². The number of carbonyl (C=O) groups excluding carboxylic acids is 1. The summed E-state index contributed by atoms with van der Waals surface area (Å²) in [5, 5.41) is 3.11. The van der Waals surface area contributed by atoms with Gasteiger partial charge in [0.15, 0.2) is 0 Å². The van der Waals surface area contributed by atoms with E-state index in [0.717, 1.165) is 23.5 Å². The summed E-state index contributed by atoms with van der Waals surface area (Å²) in [6.45, 7) is 4.59. The highest BCUT2D eigenvalue weighted by atomic mass is 16.5. The maximum atomic E-state index is 12.4. The maximum Gasteiger partial charge on any atom is 0.251 e. The highest BCUT2D eigenvalue weighted by Gasteiger charge is 2.39. The summed E-state index contributed by atoms with van der Waals surface area (Å²) in [7, 11) is 1.62. The van der Waals surface area contributed by atoms with E-state index in [9.17, 15) is 4.79 Å². The molecule has 0 radical (unpaired) electrons. The largest absolute Gasteiger partial charge is 0.496 e. The van der Waals surface area contributed by atoms with E-state index in [4.69, 9.17) is 9.47 Å². The van der Waals surface area contributed by atoms with E-state index in [-0.39, 0.29) is 11.9 Å². The Labute approximate surface area is 142 Å². The van der Waals surface area contributed by atoms with Crippen LogP contribution in [0, 0.1) is 6.92 Å². The van der Waals surface area contributed by atoms with E-state index >= 15 is 0 Å². The molecule has 2 aromatic carbocycles. The minimum atomic E-state index is -0.0539. The molecule has 1 saturated carbocycles. The molecule has 1 amide bonds. The van der Waals surface area contributed by atoms with Crippen LogP contribution in [0.2, 0.25) is 0 Å². The average Bonchev–Trinajstić information content (AvgIpc) is 3.35. The first-order chi connectivity index (χ1) is 11.6. The maximum absolute atomic E-state index is 12.4. The lowest BCUT2D eigenvalue weighted by molar-refractivity contribution is 0.0950. The minimum Gasteiger partial charge on any atom is -0.496 e. The van der Waals surface area contributed by atoms with Crippen molar-refractivity contribution in [2.75, 3.05) is 13.7 Å². The third kappa shape index (κ3) is 3.53. The van der Waals surface area contributed by atoms with Gasteiger partial charge in [-0.1, -0.05) is 18.2 Å². The van der Waals surface area contributed by atoms with Crippen LogP contribution in [0.1, 0.15) is 40.7 Å². The Kier molecular flexibility index (Phi) is 4.74. The molecular weight excluding hydrogens is 302 g/mol. The van der Waals surface area contributed by atoms with E-state index in [1.807, 2.05) is 38.1 Å². The number of amides is 1. The lowest BCUT2D eigenvalue weighted by atomic mass is 10.1. The highest BCUT2D eigenvalue weighted by Crippen LogP contribution is 2.42. The third-order valence-corrected chi connectivity index (χ3v) is 4.37. The van der Waals surface area contributed by atoms with E-state index in [1.165, 1.54) is 5.56 Å². The van der Waals surface area contributed by atoms with Crippen LogP contribution in [0.4, 0.5) is 0 Å². The normalized spacial score (nSPS) is 18.8. The molecule has 1 aliphatic carbocycles. The monoisotopic (exact) mass is 325 g/mol. The fourth-order valence-corrected chi connectivity index (χ4v) is 2.94. The molecule has 0 spiro atoms. The summed E-state index contributed by atoms with van der Waals surface area (Å²) in [4.78, 5) is 12.4. The van der Waals surface area contributed by atoms with Gasteiger partial charge in [-0.3, -0.25) is 4.79 Å². The quantitative estimate of drug-likeness (QED) is 0.881. The topological polar surface area (TPSA) is 47.6 Å². The molecule has 0 aromatic heterocycles. The summed E-state index contributed by atoms with van der Waals surface area (Å²) in [5.41, 5.74) is 2.87. The van der Waals surface area contributed by atoms with E-state index in [1.54, 1.807) is 13.2 Å².